The zero-order valence-corrected chi connectivity index (χ0v) is 10.3. The highest BCUT2D eigenvalue weighted by molar-refractivity contribution is 6.33. The molecule has 0 atom stereocenters. The maximum Gasteiger partial charge on any atom is 0.256 e. The van der Waals surface area contributed by atoms with Gasteiger partial charge in [0.2, 0.25) is 0 Å². The van der Waals surface area contributed by atoms with Crippen LogP contribution in [0, 0.1) is 0 Å². The zero-order chi connectivity index (χ0) is 12.3. The lowest BCUT2D eigenvalue weighted by Crippen LogP contribution is -2.38. The van der Waals surface area contributed by atoms with Crippen molar-refractivity contribution in [3.05, 3.63) is 23.2 Å². The van der Waals surface area contributed by atoms with E-state index in [-0.39, 0.29) is 5.91 Å². The third-order valence-corrected chi connectivity index (χ3v) is 2.63. The van der Waals surface area contributed by atoms with Crippen molar-refractivity contribution in [2.24, 2.45) is 0 Å². The minimum absolute atomic E-state index is 0.275. The van der Waals surface area contributed by atoms with E-state index < -0.39 is 5.60 Å². The standard InChI is InChI=1S/C11H15ClN2O2/c1-11(2,16-3)10(15)14-9-6-7(13)4-5-8(9)12/h4-6H,13H2,1-3H3,(H,14,15). The van der Waals surface area contributed by atoms with Gasteiger partial charge in [0.25, 0.3) is 5.91 Å². The number of amides is 1. The van der Waals surface area contributed by atoms with Crippen LogP contribution in [0.1, 0.15) is 13.8 Å². The van der Waals surface area contributed by atoms with E-state index in [0.29, 0.717) is 16.4 Å². The topological polar surface area (TPSA) is 64.3 Å². The summed E-state index contributed by atoms with van der Waals surface area (Å²) in [5.74, 6) is -0.275. The average Bonchev–Trinajstić information content (AvgIpc) is 2.23. The van der Waals surface area contributed by atoms with Gasteiger partial charge in [-0.3, -0.25) is 4.79 Å². The Bertz CT molecular complexity index is 405. The van der Waals surface area contributed by atoms with Gasteiger partial charge >= 0.3 is 0 Å². The molecule has 16 heavy (non-hydrogen) atoms. The van der Waals surface area contributed by atoms with Crippen LogP contribution in [0.15, 0.2) is 18.2 Å². The second kappa shape index (κ2) is 4.72. The molecule has 4 nitrogen and oxygen atoms in total. The smallest absolute Gasteiger partial charge is 0.256 e. The Morgan fingerprint density at radius 1 is 1.50 bits per heavy atom. The number of benzene rings is 1. The molecule has 0 saturated heterocycles. The number of ether oxygens (including phenoxy) is 1. The lowest BCUT2D eigenvalue weighted by atomic mass is 10.1. The zero-order valence-electron chi connectivity index (χ0n) is 9.50. The molecule has 0 spiro atoms. The number of rotatable bonds is 3. The van der Waals surface area contributed by atoms with E-state index >= 15 is 0 Å². The molecule has 0 heterocycles. The molecule has 3 N–H and O–H groups in total. The van der Waals surface area contributed by atoms with Gasteiger partial charge in [0.05, 0.1) is 10.7 Å². The second-order valence-electron chi connectivity index (χ2n) is 3.91. The molecule has 0 aliphatic heterocycles. The highest BCUT2D eigenvalue weighted by atomic mass is 35.5. The first-order valence-electron chi connectivity index (χ1n) is 4.78. The largest absolute Gasteiger partial charge is 0.399 e. The van der Waals surface area contributed by atoms with Crippen LogP contribution < -0.4 is 11.1 Å². The summed E-state index contributed by atoms with van der Waals surface area (Å²) >= 11 is 5.92. The molecule has 0 aromatic heterocycles. The molecular weight excluding hydrogens is 228 g/mol. The van der Waals surface area contributed by atoms with E-state index in [1.807, 2.05) is 0 Å². The van der Waals surface area contributed by atoms with Gasteiger partial charge in [0.1, 0.15) is 5.60 Å². The predicted molar refractivity (Wildman–Crippen MR) is 65.6 cm³/mol. The molecule has 1 aromatic carbocycles. The monoisotopic (exact) mass is 242 g/mol. The summed E-state index contributed by atoms with van der Waals surface area (Å²) in [6.45, 7) is 3.34. The fourth-order valence-electron chi connectivity index (χ4n) is 1.00. The van der Waals surface area contributed by atoms with Crippen LogP contribution in [0.25, 0.3) is 0 Å². The van der Waals surface area contributed by atoms with Gasteiger partial charge < -0.3 is 15.8 Å². The molecule has 1 amide bonds. The minimum atomic E-state index is -0.909. The van der Waals surface area contributed by atoms with Gasteiger partial charge in [-0.1, -0.05) is 11.6 Å². The summed E-state index contributed by atoms with van der Waals surface area (Å²) in [6.07, 6.45) is 0. The van der Waals surface area contributed by atoms with Gasteiger partial charge in [-0.05, 0) is 32.0 Å². The lowest BCUT2D eigenvalue weighted by Gasteiger charge is -2.22. The summed E-state index contributed by atoms with van der Waals surface area (Å²) in [5, 5.41) is 3.11. The van der Waals surface area contributed by atoms with Gasteiger partial charge in [-0.25, -0.2) is 0 Å². The molecule has 0 aliphatic carbocycles. The van der Waals surface area contributed by atoms with Crippen molar-refractivity contribution in [3.63, 3.8) is 0 Å². The van der Waals surface area contributed by atoms with Crippen LogP contribution in [0.2, 0.25) is 5.02 Å². The third-order valence-electron chi connectivity index (χ3n) is 2.30. The van der Waals surface area contributed by atoms with E-state index in [0.717, 1.165) is 0 Å². The van der Waals surface area contributed by atoms with Crippen molar-refractivity contribution in [3.8, 4) is 0 Å². The van der Waals surface area contributed by atoms with Crippen molar-refractivity contribution in [1.29, 1.82) is 0 Å². The van der Waals surface area contributed by atoms with Crippen LogP contribution in [-0.2, 0) is 9.53 Å². The normalized spacial score (nSPS) is 11.2. The summed E-state index contributed by atoms with van der Waals surface area (Å²) < 4.78 is 5.06. The second-order valence-corrected chi connectivity index (χ2v) is 4.32. The molecule has 1 aromatic rings. The molecule has 0 bridgehead atoms. The highest BCUT2D eigenvalue weighted by Gasteiger charge is 2.27. The van der Waals surface area contributed by atoms with Gasteiger partial charge in [-0.2, -0.15) is 0 Å². The number of anilines is 2. The van der Waals surface area contributed by atoms with Gasteiger partial charge in [-0.15, -0.1) is 0 Å². The first-order chi connectivity index (χ1) is 7.36. The Hall–Kier alpha value is -1.26. The molecule has 88 valence electrons. The first-order valence-corrected chi connectivity index (χ1v) is 5.16. The summed E-state index contributed by atoms with van der Waals surface area (Å²) in [7, 11) is 1.47. The van der Waals surface area contributed by atoms with E-state index in [9.17, 15) is 4.79 Å². The van der Waals surface area contributed by atoms with Crippen molar-refractivity contribution in [2.45, 2.75) is 19.4 Å². The van der Waals surface area contributed by atoms with Crippen molar-refractivity contribution in [1.82, 2.24) is 0 Å². The van der Waals surface area contributed by atoms with E-state index in [1.54, 1.807) is 32.0 Å². The molecule has 1 rings (SSSR count). The SMILES string of the molecule is COC(C)(C)C(=O)Nc1cc(N)ccc1Cl. The molecule has 0 unspecified atom stereocenters. The van der Waals surface area contributed by atoms with Gasteiger partial charge in [0.15, 0.2) is 0 Å². The number of nitrogens with two attached hydrogens (primary N) is 1. The summed E-state index contributed by atoms with van der Waals surface area (Å²) in [5.41, 5.74) is 5.71. The number of hydrogen-bond acceptors (Lipinski definition) is 3. The average molecular weight is 243 g/mol. The Morgan fingerprint density at radius 2 is 2.12 bits per heavy atom. The van der Waals surface area contributed by atoms with Crippen LogP contribution in [-0.4, -0.2) is 18.6 Å². The quantitative estimate of drug-likeness (QED) is 0.800. The Balaban J connectivity index is 2.89. The number of nitrogens with one attached hydrogen (secondary N) is 1. The maximum absolute atomic E-state index is 11.8. The molecule has 0 aliphatic rings. The first kappa shape index (κ1) is 12.8. The van der Waals surface area contributed by atoms with Crippen LogP contribution in [0.3, 0.4) is 0 Å². The Kier molecular flexibility index (Phi) is 3.78. The molecule has 0 radical (unpaired) electrons. The molecule has 5 heteroatoms. The van der Waals surface area contributed by atoms with Crippen LogP contribution in [0.5, 0.6) is 0 Å². The van der Waals surface area contributed by atoms with Gasteiger partial charge in [0, 0.05) is 12.8 Å². The molecule has 0 fully saturated rings. The Morgan fingerprint density at radius 3 is 2.69 bits per heavy atom. The highest BCUT2D eigenvalue weighted by Crippen LogP contribution is 2.25. The van der Waals surface area contributed by atoms with Crippen molar-refractivity contribution < 1.29 is 9.53 Å². The van der Waals surface area contributed by atoms with Crippen LogP contribution >= 0.6 is 11.6 Å². The number of hydrogen-bond donors (Lipinski definition) is 2. The lowest BCUT2D eigenvalue weighted by molar-refractivity contribution is -0.133. The fraction of sp³-hybridized carbons (Fsp3) is 0.364. The molecular formula is C11H15ClN2O2. The summed E-state index contributed by atoms with van der Waals surface area (Å²) in [4.78, 5) is 11.8. The van der Waals surface area contributed by atoms with Crippen LogP contribution in [0.4, 0.5) is 11.4 Å². The van der Waals surface area contributed by atoms with E-state index in [4.69, 9.17) is 22.1 Å². The van der Waals surface area contributed by atoms with Crippen molar-refractivity contribution >= 4 is 28.9 Å². The number of nitrogen functional groups attached to an aromatic ring is 1. The third kappa shape index (κ3) is 2.87. The number of halogens is 1. The maximum atomic E-state index is 11.8. The minimum Gasteiger partial charge on any atom is -0.399 e. The predicted octanol–water partition coefficient (Wildman–Crippen LogP) is 2.29. The number of carbonyl (C=O) groups is 1. The Labute approximate surface area is 99.7 Å². The summed E-state index contributed by atoms with van der Waals surface area (Å²) in [6, 6.07) is 4.90. The van der Waals surface area contributed by atoms with E-state index in [2.05, 4.69) is 5.32 Å². The van der Waals surface area contributed by atoms with Crippen molar-refractivity contribution in [2.75, 3.05) is 18.2 Å². The number of methoxy groups -OCH3 is 1. The van der Waals surface area contributed by atoms with E-state index in [1.165, 1.54) is 7.11 Å². The number of carbonyl (C=O) groups excluding carboxylic acids is 1. The fourth-order valence-corrected chi connectivity index (χ4v) is 1.17. The molecule has 0 saturated carbocycles.